The summed E-state index contributed by atoms with van der Waals surface area (Å²) in [6, 6.07) is 15.5. The molecule has 7 heteroatoms. The van der Waals surface area contributed by atoms with Crippen molar-refractivity contribution in [3.8, 4) is 11.5 Å². The van der Waals surface area contributed by atoms with Gasteiger partial charge >= 0.3 is 0 Å². The highest BCUT2D eigenvalue weighted by Crippen LogP contribution is 2.44. The van der Waals surface area contributed by atoms with Gasteiger partial charge in [-0.2, -0.15) is 5.10 Å². The predicted molar refractivity (Wildman–Crippen MR) is 122 cm³/mol. The summed E-state index contributed by atoms with van der Waals surface area (Å²) in [5.41, 5.74) is 5.55. The van der Waals surface area contributed by atoms with Crippen LogP contribution in [0.1, 0.15) is 39.0 Å². The molecule has 164 valence electrons. The number of nitrogens with one attached hydrogen (secondary N) is 1. The Hall–Kier alpha value is -3.74. The maximum atomic E-state index is 13.7. The molecule has 1 atom stereocenters. The largest absolute Gasteiger partial charge is 0.493 e. The molecule has 0 bridgehead atoms. The van der Waals surface area contributed by atoms with Crippen LogP contribution in [0.3, 0.4) is 0 Å². The van der Waals surface area contributed by atoms with Gasteiger partial charge in [-0.3, -0.25) is 9.48 Å². The molecular formula is C25H26N4O3. The summed E-state index contributed by atoms with van der Waals surface area (Å²) < 4.78 is 13.1. The molecule has 1 aliphatic heterocycles. The Balaban J connectivity index is 1.72. The minimum atomic E-state index is -0.356. The molecule has 0 radical (unpaired) electrons. The molecule has 5 rings (SSSR count). The zero-order chi connectivity index (χ0) is 22.4. The summed E-state index contributed by atoms with van der Waals surface area (Å²) in [7, 11) is 5.10. The van der Waals surface area contributed by atoms with Gasteiger partial charge in [0.05, 0.1) is 14.2 Å². The minimum absolute atomic E-state index is 0.104. The van der Waals surface area contributed by atoms with Crippen LogP contribution in [0.15, 0.2) is 48.5 Å². The van der Waals surface area contributed by atoms with Gasteiger partial charge in [0.2, 0.25) is 0 Å². The Morgan fingerprint density at radius 2 is 1.94 bits per heavy atom. The molecular weight excluding hydrogens is 404 g/mol. The number of ether oxygens (including phenoxy) is 2. The number of carbonyl (C=O) groups excluding carboxylic acids is 1. The number of fused-ring (bicyclic) bond motifs is 3. The number of hydrogen-bond donors (Lipinski definition) is 1. The monoisotopic (exact) mass is 430 g/mol. The number of methoxy groups -OCH3 is 2. The van der Waals surface area contributed by atoms with Gasteiger partial charge in [0.15, 0.2) is 17.2 Å². The van der Waals surface area contributed by atoms with Crippen LogP contribution < -0.4 is 9.47 Å². The zero-order valence-corrected chi connectivity index (χ0v) is 18.7. The third kappa shape index (κ3) is 3.04. The summed E-state index contributed by atoms with van der Waals surface area (Å²) in [4.78, 5) is 19.2. The first kappa shape index (κ1) is 20.2. The normalized spacial score (nSPS) is 15.6. The standard InChI is InChI=1S/C25H26N4O3/c1-15-14-20(27-28(15)2)25(30)29-13-12-17-16-8-5-6-10-19(16)26-22(17)23(29)18-9-7-11-21(31-3)24(18)32-4/h5-11,14,23,26H,12-13H2,1-4H3. The molecule has 1 amide bonds. The number of nitrogens with zero attached hydrogens (tertiary/aromatic N) is 3. The van der Waals surface area contributed by atoms with E-state index in [9.17, 15) is 4.79 Å². The van der Waals surface area contributed by atoms with Crippen LogP contribution in [-0.4, -0.2) is 46.3 Å². The summed E-state index contributed by atoms with van der Waals surface area (Å²) in [6.07, 6.45) is 0.764. The third-order valence-electron chi connectivity index (χ3n) is 6.36. The van der Waals surface area contributed by atoms with E-state index in [0.29, 0.717) is 23.7 Å². The van der Waals surface area contributed by atoms with Crippen molar-refractivity contribution >= 4 is 16.8 Å². The van der Waals surface area contributed by atoms with Gasteiger partial charge in [-0.15, -0.1) is 0 Å². The Morgan fingerprint density at radius 3 is 2.66 bits per heavy atom. The molecule has 0 saturated heterocycles. The van der Waals surface area contributed by atoms with Crippen molar-refractivity contribution in [3.63, 3.8) is 0 Å². The maximum Gasteiger partial charge on any atom is 0.275 e. The number of H-pyrrole nitrogens is 1. The van der Waals surface area contributed by atoms with Gasteiger partial charge in [0, 0.05) is 41.4 Å². The number of hydrogen-bond acceptors (Lipinski definition) is 4. The second-order valence-electron chi connectivity index (χ2n) is 8.09. The van der Waals surface area contributed by atoms with Crippen molar-refractivity contribution < 1.29 is 14.3 Å². The Kier molecular flexibility index (Phi) is 4.89. The third-order valence-corrected chi connectivity index (χ3v) is 6.36. The molecule has 0 spiro atoms. The van der Waals surface area contributed by atoms with Crippen LogP contribution in [0.5, 0.6) is 11.5 Å². The summed E-state index contributed by atoms with van der Waals surface area (Å²) >= 11 is 0. The smallest absolute Gasteiger partial charge is 0.275 e. The van der Waals surface area contributed by atoms with E-state index in [1.54, 1.807) is 18.9 Å². The van der Waals surface area contributed by atoms with E-state index in [0.717, 1.165) is 28.9 Å². The SMILES string of the molecule is COc1cccc(C2c3[nH]c4ccccc4c3CCN2C(=O)c2cc(C)n(C)n2)c1OC. The van der Waals surface area contributed by atoms with Crippen LogP contribution in [0.2, 0.25) is 0 Å². The molecule has 1 aliphatic rings. The van der Waals surface area contributed by atoms with E-state index in [-0.39, 0.29) is 11.9 Å². The number of para-hydroxylation sites is 2. The Labute approximate surface area is 186 Å². The predicted octanol–water partition coefficient (Wildman–Crippen LogP) is 4.01. The molecule has 32 heavy (non-hydrogen) atoms. The highest BCUT2D eigenvalue weighted by Gasteiger charge is 2.37. The van der Waals surface area contributed by atoms with E-state index in [1.807, 2.05) is 55.3 Å². The van der Waals surface area contributed by atoms with E-state index in [1.165, 1.54) is 10.9 Å². The number of amides is 1. The lowest BCUT2D eigenvalue weighted by Gasteiger charge is -2.36. The first-order valence-electron chi connectivity index (χ1n) is 10.7. The first-order chi connectivity index (χ1) is 15.5. The van der Waals surface area contributed by atoms with Gasteiger partial charge in [0.25, 0.3) is 5.91 Å². The lowest BCUT2D eigenvalue weighted by atomic mass is 9.91. The number of carbonyl (C=O) groups is 1. The van der Waals surface area contributed by atoms with Crippen molar-refractivity contribution in [1.29, 1.82) is 0 Å². The van der Waals surface area contributed by atoms with E-state index in [2.05, 4.69) is 22.2 Å². The van der Waals surface area contributed by atoms with E-state index >= 15 is 0 Å². The van der Waals surface area contributed by atoms with Crippen molar-refractivity contribution in [1.82, 2.24) is 19.7 Å². The summed E-state index contributed by atoms with van der Waals surface area (Å²) in [5, 5.41) is 5.64. The number of aryl methyl sites for hydroxylation is 2. The van der Waals surface area contributed by atoms with Crippen molar-refractivity contribution in [2.75, 3.05) is 20.8 Å². The van der Waals surface area contributed by atoms with Crippen LogP contribution in [-0.2, 0) is 13.5 Å². The fraction of sp³-hybridized carbons (Fsp3) is 0.280. The molecule has 2 aromatic heterocycles. The van der Waals surface area contributed by atoms with Gasteiger partial charge in [-0.1, -0.05) is 30.3 Å². The number of aromatic amines is 1. The molecule has 0 fully saturated rings. The lowest BCUT2D eigenvalue weighted by molar-refractivity contribution is 0.0683. The average molecular weight is 431 g/mol. The number of aromatic nitrogens is 3. The Morgan fingerprint density at radius 1 is 1.12 bits per heavy atom. The molecule has 7 nitrogen and oxygen atoms in total. The van der Waals surface area contributed by atoms with Crippen molar-refractivity contribution in [2.24, 2.45) is 7.05 Å². The van der Waals surface area contributed by atoms with Gasteiger partial charge in [-0.05, 0) is 37.1 Å². The molecule has 2 aromatic carbocycles. The van der Waals surface area contributed by atoms with E-state index < -0.39 is 0 Å². The van der Waals surface area contributed by atoms with Crippen molar-refractivity contribution in [3.05, 3.63) is 76.7 Å². The lowest BCUT2D eigenvalue weighted by Crippen LogP contribution is -2.41. The first-order valence-corrected chi connectivity index (χ1v) is 10.7. The van der Waals surface area contributed by atoms with Gasteiger partial charge in [-0.25, -0.2) is 0 Å². The van der Waals surface area contributed by atoms with E-state index in [4.69, 9.17) is 9.47 Å². The highest BCUT2D eigenvalue weighted by molar-refractivity contribution is 5.94. The summed E-state index contributed by atoms with van der Waals surface area (Å²) in [5.74, 6) is 1.16. The zero-order valence-electron chi connectivity index (χ0n) is 18.7. The Bertz CT molecular complexity index is 1300. The second-order valence-corrected chi connectivity index (χ2v) is 8.09. The second kappa shape index (κ2) is 7.75. The van der Waals surface area contributed by atoms with Crippen molar-refractivity contribution in [2.45, 2.75) is 19.4 Å². The fourth-order valence-electron chi connectivity index (χ4n) is 4.72. The van der Waals surface area contributed by atoms with Gasteiger partial charge in [0.1, 0.15) is 6.04 Å². The molecule has 3 heterocycles. The maximum absolute atomic E-state index is 13.7. The fourth-order valence-corrected chi connectivity index (χ4v) is 4.72. The van der Waals surface area contributed by atoms with Crippen LogP contribution >= 0.6 is 0 Å². The van der Waals surface area contributed by atoms with Crippen LogP contribution in [0.25, 0.3) is 10.9 Å². The number of rotatable bonds is 4. The van der Waals surface area contributed by atoms with Crippen LogP contribution in [0.4, 0.5) is 0 Å². The molecule has 0 saturated carbocycles. The minimum Gasteiger partial charge on any atom is -0.493 e. The quantitative estimate of drug-likeness (QED) is 0.531. The highest BCUT2D eigenvalue weighted by atomic mass is 16.5. The molecule has 1 unspecified atom stereocenters. The van der Waals surface area contributed by atoms with Crippen LogP contribution in [0, 0.1) is 6.92 Å². The molecule has 0 aliphatic carbocycles. The summed E-state index contributed by atoms with van der Waals surface area (Å²) in [6.45, 7) is 2.52. The van der Waals surface area contributed by atoms with Gasteiger partial charge < -0.3 is 19.4 Å². The molecule has 1 N–H and O–H groups in total. The number of benzene rings is 2. The average Bonchev–Trinajstić information content (AvgIpc) is 3.36. The topological polar surface area (TPSA) is 72.4 Å². The molecule has 4 aromatic rings.